The quantitative estimate of drug-likeness (QED) is 0.921. The predicted molar refractivity (Wildman–Crippen MR) is 75.3 cm³/mol. The Morgan fingerprint density at radius 1 is 1.58 bits per heavy atom. The summed E-state index contributed by atoms with van der Waals surface area (Å²) >= 11 is 5.85. The van der Waals surface area contributed by atoms with Crippen molar-refractivity contribution in [3.8, 4) is 5.75 Å². The molecule has 1 saturated heterocycles. The lowest BCUT2D eigenvalue weighted by molar-refractivity contribution is -0.135. The van der Waals surface area contributed by atoms with Gasteiger partial charge in [-0.3, -0.25) is 4.79 Å². The second-order valence-corrected chi connectivity index (χ2v) is 5.45. The van der Waals surface area contributed by atoms with Crippen LogP contribution in [0, 0.1) is 5.92 Å². The van der Waals surface area contributed by atoms with Crippen LogP contribution in [0.5, 0.6) is 5.75 Å². The van der Waals surface area contributed by atoms with E-state index in [1.165, 1.54) is 0 Å². The van der Waals surface area contributed by atoms with E-state index in [-0.39, 0.29) is 18.6 Å². The van der Waals surface area contributed by atoms with Crippen LogP contribution in [0.1, 0.15) is 13.3 Å². The summed E-state index contributed by atoms with van der Waals surface area (Å²) in [5.74, 6) is 0.949. The van der Waals surface area contributed by atoms with Gasteiger partial charge in [-0.05, 0) is 30.5 Å². The van der Waals surface area contributed by atoms with Gasteiger partial charge < -0.3 is 15.4 Å². The molecule has 0 bridgehead atoms. The van der Waals surface area contributed by atoms with E-state index in [9.17, 15) is 4.79 Å². The highest BCUT2D eigenvalue weighted by Gasteiger charge is 2.26. The molecule has 5 heteroatoms. The van der Waals surface area contributed by atoms with Crippen molar-refractivity contribution < 1.29 is 9.53 Å². The summed E-state index contributed by atoms with van der Waals surface area (Å²) in [7, 11) is 0. The lowest BCUT2D eigenvalue weighted by Gasteiger charge is -2.35. The smallest absolute Gasteiger partial charge is 0.260 e. The summed E-state index contributed by atoms with van der Waals surface area (Å²) in [5.41, 5.74) is 5.94. The minimum atomic E-state index is -0.00118. The number of carbonyl (C=O) groups excluding carboxylic acids is 1. The van der Waals surface area contributed by atoms with Crippen molar-refractivity contribution in [2.75, 3.05) is 19.7 Å². The first kappa shape index (κ1) is 14.2. The molecular formula is C14H19ClN2O2. The van der Waals surface area contributed by atoms with Gasteiger partial charge in [-0.15, -0.1) is 0 Å². The number of carbonyl (C=O) groups is 1. The molecule has 0 aromatic heterocycles. The molecule has 2 rings (SSSR count). The summed E-state index contributed by atoms with van der Waals surface area (Å²) in [6.07, 6.45) is 0.851. The van der Waals surface area contributed by atoms with Gasteiger partial charge in [0.1, 0.15) is 5.75 Å². The Bertz CT molecular complexity index is 453. The molecular weight excluding hydrogens is 264 g/mol. The molecule has 0 saturated carbocycles. The van der Waals surface area contributed by atoms with Crippen LogP contribution in [-0.4, -0.2) is 36.5 Å². The Kier molecular flexibility index (Phi) is 4.66. The van der Waals surface area contributed by atoms with Crippen LogP contribution >= 0.6 is 11.6 Å². The van der Waals surface area contributed by atoms with E-state index in [0.29, 0.717) is 29.8 Å². The molecule has 2 N–H and O–H groups in total. The standard InChI is InChI=1S/C14H19ClN2O2/c1-10-8-17(6-5-13(10)16)14(18)9-19-12-4-2-3-11(15)7-12/h2-4,7,10,13H,5-6,8-9,16H2,1H3. The molecule has 1 aromatic rings. The second kappa shape index (κ2) is 6.26. The average Bonchev–Trinajstić information content (AvgIpc) is 2.39. The van der Waals surface area contributed by atoms with Crippen LogP contribution in [0.2, 0.25) is 5.02 Å². The molecule has 2 unspecified atom stereocenters. The number of hydrogen-bond donors (Lipinski definition) is 1. The van der Waals surface area contributed by atoms with Crippen molar-refractivity contribution in [2.24, 2.45) is 11.7 Å². The highest BCUT2D eigenvalue weighted by Crippen LogP contribution is 2.18. The third kappa shape index (κ3) is 3.85. The van der Waals surface area contributed by atoms with Crippen molar-refractivity contribution in [1.29, 1.82) is 0 Å². The van der Waals surface area contributed by atoms with E-state index >= 15 is 0 Å². The average molecular weight is 283 g/mol. The molecule has 4 nitrogen and oxygen atoms in total. The first-order valence-corrected chi connectivity index (χ1v) is 6.86. The van der Waals surface area contributed by atoms with E-state index in [0.717, 1.165) is 6.42 Å². The number of halogens is 1. The topological polar surface area (TPSA) is 55.6 Å². The van der Waals surface area contributed by atoms with Gasteiger partial charge in [0.15, 0.2) is 6.61 Å². The van der Waals surface area contributed by atoms with Gasteiger partial charge in [0, 0.05) is 24.2 Å². The maximum absolute atomic E-state index is 12.0. The Hall–Kier alpha value is -1.26. The Morgan fingerprint density at radius 3 is 3.05 bits per heavy atom. The number of ether oxygens (including phenoxy) is 1. The normalized spacial score (nSPS) is 23.2. The highest BCUT2D eigenvalue weighted by atomic mass is 35.5. The molecule has 0 aliphatic carbocycles. The zero-order valence-electron chi connectivity index (χ0n) is 11.0. The molecule has 19 heavy (non-hydrogen) atoms. The van der Waals surface area contributed by atoms with E-state index in [1.807, 2.05) is 4.90 Å². The minimum Gasteiger partial charge on any atom is -0.484 e. The summed E-state index contributed by atoms with van der Waals surface area (Å²) in [5, 5.41) is 0.600. The zero-order chi connectivity index (χ0) is 13.8. The molecule has 104 valence electrons. The minimum absolute atomic E-state index is 0.00118. The van der Waals surface area contributed by atoms with Gasteiger partial charge in [-0.2, -0.15) is 0 Å². The highest BCUT2D eigenvalue weighted by molar-refractivity contribution is 6.30. The molecule has 1 aliphatic heterocycles. The fourth-order valence-electron chi connectivity index (χ4n) is 2.18. The molecule has 0 spiro atoms. The van der Waals surface area contributed by atoms with Gasteiger partial charge in [0.05, 0.1) is 0 Å². The van der Waals surface area contributed by atoms with Crippen LogP contribution in [0.15, 0.2) is 24.3 Å². The van der Waals surface area contributed by atoms with Crippen molar-refractivity contribution in [3.05, 3.63) is 29.3 Å². The predicted octanol–water partition coefficient (Wildman–Crippen LogP) is 1.91. The lowest BCUT2D eigenvalue weighted by Crippen LogP contribution is -2.49. The van der Waals surface area contributed by atoms with Crippen LogP contribution in [0.4, 0.5) is 0 Å². The van der Waals surface area contributed by atoms with Gasteiger partial charge >= 0.3 is 0 Å². The van der Waals surface area contributed by atoms with Crippen molar-refractivity contribution in [3.63, 3.8) is 0 Å². The summed E-state index contributed by atoms with van der Waals surface area (Å²) in [6, 6.07) is 7.24. The summed E-state index contributed by atoms with van der Waals surface area (Å²) < 4.78 is 5.46. The second-order valence-electron chi connectivity index (χ2n) is 5.02. The van der Waals surface area contributed by atoms with E-state index in [2.05, 4.69) is 6.92 Å². The van der Waals surface area contributed by atoms with Crippen molar-refractivity contribution in [2.45, 2.75) is 19.4 Å². The lowest BCUT2D eigenvalue weighted by atomic mass is 9.95. The first-order chi connectivity index (χ1) is 9.06. The van der Waals surface area contributed by atoms with Crippen molar-refractivity contribution in [1.82, 2.24) is 4.90 Å². The molecule has 1 amide bonds. The molecule has 2 atom stereocenters. The van der Waals surface area contributed by atoms with Crippen molar-refractivity contribution >= 4 is 17.5 Å². The zero-order valence-corrected chi connectivity index (χ0v) is 11.8. The number of nitrogens with zero attached hydrogens (tertiary/aromatic N) is 1. The van der Waals surface area contributed by atoms with E-state index in [1.54, 1.807) is 24.3 Å². The Labute approximate surface area is 118 Å². The fourth-order valence-corrected chi connectivity index (χ4v) is 2.36. The summed E-state index contributed by atoms with van der Waals surface area (Å²) in [4.78, 5) is 13.9. The number of nitrogens with two attached hydrogens (primary N) is 1. The summed E-state index contributed by atoms with van der Waals surface area (Å²) in [6.45, 7) is 3.53. The number of benzene rings is 1. The largest absolute Gasteiger partial charge is 0.484 e. The molecule has 1 aliphatic rings. The van der Waals surface area contributed by atoms with Crippen LogP contribution in [-0.2, 0) is 4.79 Å². The maximum atomic E-state index is 12.0. The fraction of sp³-hybridized carbons (Fsp3) is 0.500. The molecule has 1 heterocycles. The van der Waals surface area contributed by atoms with Crippen LogP contribution < -0.4 is 10.5 Å². The number of hydrogen-bond acceptors (Lipinski definition) is 3. The molecule has 1 fully saturated rings. The SMILES string of the molecule is CC1CN(C(=O)COc2cccc(Cl)c2)CCC1N. The maximum Gasteiger partial charge on any atom is 0.260 e. The number of piperidine rings is 1. The number of rotatable bonds is 3. The molecule has 1 aromatic carbocycles. The van der Waals surface area contributed by atoms with Gasteiger partial charge in [0.25, 0.3) is 5.91 Å². The third-order valence-corrected chi connectivity index (χ3v) is 3.72. The third-order valence-electron chi connectivity index (χ3n) is 3.48. The molecule has 0 radical (unpaired) electrons. The van der Waals surface area contributed by atoms with E-state index < -0.39 is 0 Å². The first-order valence-electron chi connectivity index (χ1n) is 6.48. The van der Waals surface area contributed by atoms with E-state index in [4.69, 9.17) is 22.1 Å². The number of likely N-dealkylation sites (tertiary alicyclic amines) is 1. The van der Waals surface area contributed by atoms with Gasteiger partial charge in [-0.25, -0.2) is 0 Å². The Balaban J connectivity index is 1.84. The van der Waals surface area contributed by atoms with Gasteiger partial charge in [0.2, 0.25) is 0 Å². The van der Waals surface area contributed by atoms with Crippen LogP contribution in [0.3, 0.4) is 0 Å². The Morgan fingerprint density at radius 2 is 2.37 bits per heavy atom. The van der Waals surface area contributed by atoms with Gasteiger partial charge in [-0.1, -0.05) is 24.6 Å². The monoisotopic (exact) mass is 282 g/mol. The number of amides is 1. The van der Waals surface area contributed by atoms with Crippen LogP contribution in [0.25, 0.3) is 0 Å².